The van der Waals surface area contributed by atoms with Gasteiger partial charge in [-0.15, -0.1) is 0 Å². The number of ether oxygens (including phenoxy) is 3. The molecule has 4 N–H and O–H groups in total. The minimum Gasteiger partial charge on any atom is -0.390 e. The molecule has 0 aromatic heterocycles. The quantitative estimate of drug-likeness (QED) is 0.0782. The molecule has 50 heavy (non-hydrogen) atoms. The number of rotatable bonds is 18. The molecule has 10 heteroatoms. The molecule has 11 atom stereocenters. The lowest BCUT2D eigenvalue weighted by atomic mass is 9.85. The van der Waals surface area contributed by atoms with Gasteiger partial charge in [0.05, 0.1) is 49.0 Å². The van der Waals surface area contributed by atoms with Gasteiger partial charge in [0.25, 0.3) is 0 Å². The molecule has 0 aromatic carbocycles. The Kier molecular flexibility index (Phi) is 17.6. The first kappa shape index (κ1) is 42.3. The molecule has 3 fully saturated rings. The van der Waals surface area contributed by atoms with Gasteiger partial charge in [0.2, 0.25) is 11.8 Å². The zero-order valence-electron chi connectivity index (χ0n) is 32.0. The fourth-order valence-electron chi connectivity index (χ4n) is 7.51. The summed E-state index contributed by atoms with van der Waals surface area (Å²) in [5.74, 6) is -0.680. The number of aliphatic hydroxyl groups excluding tert-OH is 2. The lowest BCUT2D eigenvalue weighted by molar-refractivity contribution is -0.324. The van der Waals surface area contributed by atoms with Crippen molar-refractivity contribution in [1.29, 1.82) is 0 Å². The monoisotopic (exact) mass is 704 g/mol. The average molecular weight is 705 g/mol. The van der Waals surface area contributed by atoms with Gasteiger partial charge in [0.15, 0.2) is 11.6 Å². The second-order valence-corrected chi connectivity index (χ2v) is 15.7. The number of ketones is 1. The Hall–Kier alpha value is -2.11. The van der Waals surface area contributed by atoms with Crippen LogP contribution in [0.5, 0.6) is 0 Å². The Morgan fingerprint density at radius 2 is 1.64 bits per heavy atom. The largest absolute Gasteiger partial charge is 0.390 e. The molecule has 0 aromatic rings. The number of allylic oxidation sites excluding steroid dienone is 3. The van der Waals surface area contributed by atoms with E-state index in [-0.39, 0.29) is 60.9 Å². The lowest BCUT2D eigenvalue weighted by Crippen LogP contribution is -2.50. The highest BCUT2D eigenvalue weighted by atomic mass is 16.7. The maximum Gasteiger partial charge on any atom is 0.225 e. The highest BCUT2D eigenvalue weighted by Crippen LogP contribution is 2.43. The van der Waals surface area contributed by atoms with Crippen LogP contribution in [0.1, 0.15) is 132 Å². The fourth-order valence-corrected chi connectivity index (χ4v) is 7.51. The van der Waals surface area contributed by atoms with Crippen molar-refractivity contribution in [2.75, 3.05) is 13.1 Å². The second kappa shape index (κ2) is 20.8. The van der Waals surface area contributed by atoms with Gasteiger partial charge in [0.1, 0.15) is 0 Å². The molecule has 3 aliphatic rings. The molecule has 11 unspecified atom stereocenters. The zero-order valence-corrected chi connectivity index (χ0v) is 32.0. The van der Waals surface area contributed by atoms with Gasteiger partial charge in [-0.1, -0.05) is 39.8 Å². The summed E-state index contributed by atoms with van der Waals surface area (Å²) in [5, 5.41) is 26.2. The number of carbonyl (C=O) groups excluding carboxylic acids is 3. The Balaban J connectivity index is 1.36. The van der Waals surface area contributed by atoms with E-state index in [1.807, 2.05) is 20.8 Å². The van der Waals surface area contributed by atoms with Gasteiger partial charge < -0.3 is 35.1 Å². The summed E-state index contributed by atoms with van der Waals surface area (Å²) in [5.41, 5.74) is 1.01. The van der Waals surface area contributed by atoms with Crippen LogP contribution in [0.25, 0.3) is 0 Å². The SMILES string of the molecule is C/C=C\C(=O)CC1CCC(C)C(CC(=O)NCC(O)C(C)C(=O)NCCCC2OC3(CCCC(CCC(C)/C=C(\C)C(C)O)O3)CCC2C)O1. The predicted octanol–water partition coefficient (Wildman–Crippen LogP) is 5.93. The van der Waals surface area contributed by atoms with E-state index < -0.39 is 23.9 Å². The van der Waals surface area contributed by atoms with E-state index in [0.717, 1.165) is 76.2 Å². The predicted molar refractivity (Wildman–Crippen MR) is 195 cm³/mol. The fraction of sp³-hybridized carbons (Fsp3) is 0.825. The van der Waals surface area contributed by atoms with Crippen molar-refractivity contribution >= 4 is 17.6 Å². The number of nitrogens with one attached hydrogen (secondary N) is 2. The molecule has 10 nitrogen and oxygen atoms in total. The van der Waals surface area contributed by atoms with Crippen LogP contribution in [0.4, 0.5) is 0 Å². The maximum atomic E-state index is 12.9. The highest BCUT2D eigenvalue weighted by molar-refractivity contribution is 5.89. The summed E-state index contributed by atoms with van der Waals surface area (Å²) in [6.45, 7) is 14.2. The van der Waals surface area contributed by atoms with Crippen LogP contribution in [-0.2, 0) is 28.6 Å². The Bertz CT molecular complexity index is 1140. The smallest absolute Gasteiger partial charge is 0.225 e. The third kappa shape index (κ3) is 13.8. The van der Waals surface area contributed by atoms with Crippen LogP contribution in [0, 0.1) is 23.7 Å². The molecule has 0 aliphatic carbocycles. The van der Waals surface area contributed by atoms with Crippen molar-refractivity contribution in [2.45, 2.75) is 174 Å². The normalized spacial score (nSPS) is 31.6. The molecule has 286 valence electrons. The van der Waals surface area contributed by atoms with E-state index in [0.29, 0.717) is 24.8 Å². The first-order valence-corrected chi connectivity index (χ1v) is 19.5. The standard InChI is InChI=1S/C40H68N2O8/c1-8-11-32(44)23-34-17-15-27(3)37(48-34)24-38(46)42-25-35(45)30(6)39(47)41-21-10-13-36-28(4)18-20-40(50-36)19-9-12-33(49-40)16-14-26(2)22-29(5)31(7)43/h8,11,22,26-28,30-31,33-37,43,45H,9-10,12-21,23-25H2,1-7H3,(H,41,47)(H,42,46)/b11-8-,29-22+. The van der Waals surface area contributed by atoms with Crippen LogP contribution in [0.3, 0.4) is 0 Å². The summed E-state index contributed by atoms with van der Waals surface area (Å²) >= 11 is 0. The minimum absolute atomic E-state index is 0.0223. The van der Waals surface area contributed by atoms with Crippen molar-refractivity contribution in [3.8, 4) is 0 Å². The van der Waals surface area contributed by atoms with E-state index in [1.54, 1.807) is 26.0 Å². The van der Waals surface area contributed by atoms with Gasteiger partial charge in [0, 0.05) is 32.4 Å². The van der Waals surface area contributed by atoms with Crippen molar-refractivity contribution in [1.82, 2.24) is 10.6 Å². The first-order valence-electron chi connectivity index (χ1n) is 19.5. The first-order chi connectivity index (χ1) is 23.7. The zero-order chi connectivity index (χ0) is 36.8. The third-order valence-electron chi connectivity index (χ3n) is 11.2. The molecule has 1 spiro atoms. The topological polar surface area (TPSA) is 143 Å². The summed E-state index contributed by atoms with van der Waals surface area (Å²) in [6.07, 6.45) is 14.5. The average Bonchev–Trinajstić information content (AvgIpc) is 3.07. The molecule has 3 saturated heterocycles. The van der Waals surface area contributed by atoms with Gasteiger partial charge in [-0.2, -0.15) is 0 Å². The minimum atomic E-state index is -1.02. The number of amides is 2. The maximum absolute atomic E-state index is 12.9. The molecule has 3 aliphatic heterocycles. The summed E-state index contributed by atoms with van der Waals surface area (Å²) in [7, 11) is 0. The van der Waals surface area contributed by atoms with E-state index >= 15 is 0 Å². The highest BCUT2D eigenvalue weighted by Gasteiger charge is 2.44. The molecule has 3 rings (SSSR count). The summed E-state index contributed by atoms with van der Waals surface area (Å²) in [4.78, 5) is 37.6. The lowest BCUT2D eigenvalue weighted by Gasteiger charge is -2.48. The number of carbonyl (C=O) groups is 3. The van der Waals surface area contributed by atoms with Crippen LogP contribution >= 0.6 is 0 Å². The summed E-state index contributed by atoms with van der Waals surface area (Å²) in [6, 6.07) is 0. The van der Waals surface area contributed by atoms with Crippen LogP contribution in [0.2, 0.25) is 0 Å². The van der Waals surface area contributed by atoms with Crippen LogP contribution in [-0.4, -0.2) is 83.3 Å². The number of hydrogen-bond acceptors (Lipinski definition) is 8. The summed E-state index contributed by atoms with van der Waals surface area (Å²) < 4.78 is 19.5. The second-order valence-electron chi connectivity index (χ2n) is 15.7. The van der Waals surface area contributed by atoms with Gasteiger partial charge >= 0.3 is 0 Å². The van der Waals surface area contributed by atoms with Gasteiger partial charge in [-0.25, -0.2) is 0 Å². The Labute approximate surface area is 301 Å². The number of aliphatic hydroxyl groups is 2. The van der Waals surface area contributed by atoms with Crippen molar-refractivity contribution in [3.05, 3.63) is 23.8 Å². The van der Waals surface area contributed by atoms with Crippen molar-refractivity contribution in [2.24, 2.45) is 23.7 Å². The van der Waals surface area contributed by atoms with E-state index in [9.17, 15) is 24.6 Å². The third-order valence-corrected chi connectivity index (χ3v) is 11.2. The molecular formula is C40H68N2O8. The van der Waals surface area contributed by atoms with E-state index in [2.05, 4.69) is 30.6 Å². The molecule has 0 saturated carbocycles. The molecule has 3 heterocycles. The molecule has 2 amide bonds. The molecule has 0 radical (unpaired) electrons. The molecule has 0 bridgehead atoms. The van der Waals surface area contributed by atoms with Crippen LogP contribution in [0.15, 0.2) is 23.8 Å². The molecular weight excluding hydrogens is 636 g/mol. The van der Waals surface area contributed by atoms with Crippen molar-refractivity contribution < 1.29 is 38.8 Å². The number of hydrogen-bond donors (Lipinski definition) is 4. The van der Waals surface area contributed by atoms with Gasteiger partial charge in [-0.3, -0.25) is 14.4 Å². The van der Waals surface area contributed by atoms with Crippen LogP contribution < -0.4 is 10.6 Å². The van der Waals surface area contributed by atoms with E-state index in [4.69, 9.17) is 14.2 Å². The van der Waals surface area contributed by atoms with E-state index in [1.165, 1.54) is 0 Å². The van der Waals surface area contributed by atoms with Gasteiger partial charge in [-0.05, 0) is 108 Å². The Morgan fingerprint density at radius 3 is 2.36 bits per heavy atom. The van der Waals surface area contributed by atoms with Crippen molar-refractivity contribution in [3.63, 3.8) is 0 Å². The Morgan fingerprint density at radius 1 is 0.900 bits per heavy atom.